The molecule has 3 nitrogen and oxygen atoms in total. The maximum atomic E-state index is 5.59. The third-order valence-electron chi connectivity index (χ3n) is 3.24. The second-order valence-corrected chi connectivity index (χ2v) is 4.53. The van der Waals surface area contributed by atoms with E-state index in [1.807, 2.05) is 0 Å². The fourth-order valence-corrected chi connectivity index (χ4v) is 2.32. The lowest BCUT2D eigenvalue weighted by molar-refractivity contribution is 0.0557. The number of hydrogen-bond acceptors (Lipinski definition) is 3. The van der Waals surface area contributed by atoms with E-state index in [1.54, 1.807) is 0 Å². The minimum atomic E-state index is 0.722. The van der Waals surface area contributed by atoms with E-state index in [4.69, 9.17) is 5.73 Å². The minimum Gasteiger partial charge on any atom is -0.329 e. The van der Waals surface area contributed by atoms with Crippen LogP contribution in [0.25, 0.3) is 0 Å². The summed E-state index contributed by atoms with van der Waals surface area (Å²) >= 11 is 0. The Morgan fingerprint density at radius 1 is 1.36 bits per heavy atom. The number of nitrogens with zero attached hydrogens (tertiary/aromatic N) is 2. The first-order valence-corrected chi connectivity index (χ1v) is 5.85. The number of nitrogens with two attached hydrogens (primary N) is 1. The molecule has 1 aliphatic heterocycles. The largest absolute Gasteiger partial charge is 0.329 e. The molecule has 1 unspecified atom stereocenters. The van der Waals surface area contributed by atoms with Crippen LogP contribution in [0.15, 0.2) is 0 Å². The van der Waals surface area contributed by atoms with E-state index in [9.17, 15) is 0 Å². The molecule has 0 aromatic heterocycles. The van der Waals surface area contributed by atoms with Crippen molar-refractivity contribution >= 4 is 0 Å². The van der Waals surface area contributed by atoms with Crippen LogP contribution < -0.4 is 5.73 Å². The van der Waals surface area contributed by atoms with E-state index in [2.05, 4.69) is 30.6 Å². The second-order valence-electron chi connectivity index (χ2n) is 4.53. The first kappa shape index (κ1) is 12.0. The second kappa shape index (κ2) is 5.69. The molecule has 0 aromatic rings. The molecular weight excluding hydrogens is 174 g/mol. The lowest BCUT2D eigenvalue weighted by Crippen LogP contribution is -2.55. The summed E-state index contributed by atoms with van der Waals surface area (Å²) in [5.41, 5.74) is 5.59. The van der Waals surface area contributed by atoms with Crippen LogP contribution >= 0.6 is 0 Å². The lowest BCUT2D eigenvalue weighted by atomic mass is 9.99. The SMILES string of the molecule is CCN1CCN(CCN)CC1C(C)C. The fraction of sp³-hybridized carbons (Fsp3) is 1.00. The third-order valence-corrected chi connectivity index (χ3v) is 3.24. The minimum absolute atomic E-state index is 0.722. The summed E-state index contributed by atoms with van der Waals surface area (Å²) in [4.78, 5) is 5.09. The molecule has 3 heteroatoms. The fourth-order valence-electron chi connectivity index (χ4n) is 2.32. The van der Waals surface area contributed by atoms with E-state index in [0.717, 1.165) is 25.0 Å². The quantitative estimate of drug-likeness (QED) is 0.720. The van der Waals surface area contributed by atoms with Gasteiger partial charge in [-0.3, -0.25) is 9.80 Å². The molecule has 0 radical (unpaired) electrons. The monoisotopic (exact) mass is 199 g/mol. The first-order chi connectivity index (χ1) is 6.69. The molecule has 1 fully saturated rings. The van der Waals surface area contributed by atoms with E-state index in [-0.39, 0.29) is 0 Å². The highest BCUT2D eigenvalue weighted by Crippen LogP contribution is 2.16. The number of hydrogen-bond donors (Lipinski definition) is 1. The lowest BCUT2D eigenvalue weighted by Gasteiger charge is -2.43. The smallest absolute Gasteiger partial charge is 0.0246 e. The van der Waals surface area contributed by atoms with Gasteiger partial charge in [0.15, 0.2) is 0 Å². The Balaban J connectivity index is 2.48. The molecule has 1 aliphatic rings. The average Bonchev–Trinajstić information content (AvgIpc) is 2.18. The van der Waals surface area contributed by atoms with Gasteiger partial charge in [-0.25, -0.2) is 0 Å². The predicted octanol–water partition coefficient (Wildman–Crippen LogP) is 0.607. The number of likely N-dealkylation sites (N-methyl/N-ethyl adjacent to an activating group) is 1. The Morgan fingerprint density at radius 2 is 2.07 bits per heavy atom. The summed E-state index contributed by atoms with van der Waals surface area (Å²) < 4.78 is 0. The molecule has 2 N–H and O–H groups in total. The van der Waals surface area contributed by atoms with Gasteiger partial charge in [0, 0.05) is 38.8 Å². The van der Waals surface area contributed by atoms with Crippen molar-refractivity contribution < 1.29 is 0 Å². The summed E-state index contributed by atoms with van der Waals surface area (Å²) in [5.74, 6) is 0.746. The highest BCUT2D eigenvalue weighted by atomic mass is 15.3. The maximum absolute atomic E-state index is 5.59. The molecule has 14 heavy (non-hydrogen) atoms. The Bertz CT molecular complexity index is 159. The zero-order chi connectivity index (χ0) is 10.6. The summed E-state index contributed by atoms with van der Waals surface area (Å²) in [7, 11) is 0. The average molecular weight is 199 g/mol. The Labute approximate surface area is 88.2 Å². The molecule has 0 amide bonds. The van der Waals surface area contributed by atoms with E-state index < -0.39 is 0 Å². The van der Waals surface area contributed by atoms with Crippen molar-refractivity contribution in [1.29, 1.82) is 0 Å². The van der Waals surface area contributed by atoms with Crippen molar-refractivity contribution in [1.82, 2.24) is 9.80 Å². The topological polar surface area (TPSA) is 32.5 Å². The van der Waals surface area contributed by atoms with Gasteiger partial charge in [-0.1, -0.05) is 20.8 Å². The van der Waals surface area contributed by atoms with Crippen molar-refractivity contribution in [3.05, 3.63) is 0 Å². The first-order valence-electron chi connectivity index (χ1n) is 5.85. The molecule has 0 bridgehead atoms. The molecule has 1 saturated heterocycles. The standard InChI is InChI=1S/C11H25N3/c1-4-14-8-7-13(6-5-12)9-11(14)10(2)3/h10-11H,4-9,12H2,1-3H3. The summed E-state index contributed by atoms with van der Waals surface area (Å²) in [5, 5.41) is 0. The molecule has 1 heterocycles. The van der Waals surface area contributed by atoms with Crippen LogP contribution in [-0.2, 0) is 0 Å². The number of piperazine rings is 1. The van der Waals surface area contributed by atoms with Crippen LogP contribution in [0.5, 0.6) is 0 Å². The Hall–Kier alpha value is -0.120. The molecular formula is C11H25N3. The molecule has 84 valence electrons. The van der Waals surface area contributed by atoms with E-state index in [0.29, 0.717) is 0 Å². The van der Waals surface area contributed by atoms with Crippen molar-refractivity contribution in [3.8, 4) is 0 Å². The maximum Gasteiger partial charge on any atom is 0.0246 e. The summed E-state index contributed by atoms with van der Waals surface area (Å²) in [6.07, 6.45) is 0. The Kier molecular flexibility index (Phi) is 4.85. The van der Waals surface area contributed by atoms with Gasteiger partial charge in [0.1, 0.15) is 0 Å². The molecule has 1 rings (SSSR count). The number of rotatable bonds is 4. The molecule has 0 aromatic carbocycles. The molecule has 0 saturated carbocycles. The van der Waals surface area contributed by atoms with Gasteiger partial charge in [0.25, 0.3) is 0 Å². The Morgan fingerprint density at radius 3 is 2.57 bits per heavy atom. The van der Waals surface area contributed by atoms with Crippen LogP contribution in [0.2, 0.25) is 0 Å². The normalized spacial score (nSPS) is 25.9. The van der Waals surface area contributed by atoms with Crippen LogP contribution in [0.1, 0.15) is 20.8 Å². The van der Waals surface area contributed by atoms with E-state index >= 15 is 0 Å². The van der Waals surface area contributed by atoms with Gasteiger partial charge in [-0.15, -0.1) is 0 Å². The van der Waals surface area contributed by atoms with Gasteiger partial charge in [-0.05, 0) is 12.5 Å². The molecule has 0 aliphatic carbocycles. The van der Waals surface area contributed by atoms with Gasteiger partial charge in [-0.2, -0.15) is 0 Å². The van der Waals surface area contributed by atoms with Crippen LogP contribution in [0.4, 0.5) is 0 Å². The van der Waals surface area contributed by atoms with Crippen molar-refractivity contribution in [2.45, 2.75) is 26.8 Å². The van der Waals surface area contributed by atoms with Gasteiger partial charge in [0.05, 0.1) is 0 Å². The molecule has 0 spiro atoms. The van der Waals surface area contributed by atoms with Crippen molar-refractivity contribution in [3.63, 3.8) is 0 Å². The van der Waals surface area contributed by atoms with Crippen molar-refractivity contribution in [2.24, 2.45) is 11.7 Å². The van der Waals surface area contributed by atoms with Gasteiger partial charge in [0.2, 0.25) is 0 Å². The van der Waals surface area contributed by atoms with Crippen LogP contribution in [0.3, 0.4) is 0 Å². The van der Waals surface area contributed by atoms with E-state index in [1.165, 1.54) is 26.2 Å². The third kappa shape index (κ3) is 2.94. The zero-order valence-electron chi connectivity index (χ0n) is 9.87. The highest BCUT2D eigenvalue weighted by molar-refractivity contribution is 4.83. The zero-order valence-corrected chi connectivity index (χ0v) is 9.87. The summed E-state index contributed by atoms with van der Waals surface area (Å²) in [6, 6.07) is 0.722. The van der Waals surface area contributed by atoms with Crippen LogP contribution in [0, 0.1) is 5.92 Å². The van der Waals surface area contributed by atoms with Crippen LogP contribution in [-0.4, -0.2) is 55.1 Å². The highest BCUT2D eigenvalue weighted by Gasteiger charge is 2.27. The van der Waals surface area contributed by atoms with Gasteiger partial charge >= 0.3 is 0 Å². The van der Waals surface area contributed by atoms with Crippen molar-refractivity contribution in [2.75, 3.05) is 39.3 Å². The predicted molar refractivity (Wildman–Crippen MR) is 61.4 cm³/mol. The van der Waals surface area contributed by atoms with Gasteiger partial charge < -0.3 is 5.73 Å². The summed E-state index contributed by atoms with van der Waals surface area (Å²) in [6.45, 7) is 13.5. The molecule has 1 atom stereocenters.